The monoisotopic (exact) mass is 281 g/mol. The van der Waals surface area contributed by atoms with Crippen LogP contribution in [0.25, 0.3) is 0 Å². The zero-order valence-electron chi connectivity index (χ0n) is 10.6. The fourth-order valence-corrected chi connectivity index (χ4v) is 1.83. The summed E-state index contributed by atoms with van der Waals surface area (Å²) in [5.74, 6) is -1.09. The molecule has 1 aromatic heterocycles. The summed E-state index contributed by atoms with van der Waals surface area (Å²) in [6, 6.07) is 3.88. The number of carbonyl (C=O) groups excluding carboxylic acids is 1. The Labute approximate surface area is 115 Å². The Bertz CT molecular complexity index is 624. The molecule has 0 fully saturated rings. The van der Waals surface area contributed by atoms with Crippen LogP contribution in [0.4, 0.5) is 4.39 Å². The summed E-state index contributed by atoms with van der Waals surface area (Å²) >= 11 is 5.75. The molecule has 4 nitrogen and oxygen atoms in total. The van der Waals surface area contributed by atoms with Crippen molar-refractivity contribution in [1.82, 2.24) is 15.1 Å². The molecule has 0 atom stereocenters. The molecule has 0 saturated carbocycles. The van der Waals surface area contributed by atoms with Crippen LogP contribution in [-0.2, 0) is 13.6 Å². The van der Waals surface area contributed by atoms with Crippen molar-refractivity contribution >= 4 is 17.5 Å². The maximum absolute atomic E-state index is 13.5. The lowest BCUT2D eigenvalue weighted by Crippen LogP contribution is -2.24. The molecule has 2 rings (SSSR count). The highest BCUT2D eigenvalue weighted by Crippen LogP contribution is 2.15. The highest BCUT2D eigenvalue weighted by molar-refractivity contribution is 6.30. The van der Waals surface area contributed by atoms with Crippen molar-refractivity contribution in [3.63, 3.8) is 0 Å². The molecule has 1 N–H and O–H groups in total. The summed E-state index contributed by atoms with van der Waals surface area (Å²) in [4.78, 5) is 11.9. The van der Waals surface area contributed by atoms with E-state index in [0.29, 0.717) is 11.6 Å². The molecule has 1 amide bonds. The third kappa shape index (κ3) is 2.93. The molecule has 0 unspecified atom stereocenters. The second-order valence-corrected chi connectivity index (χ2v) is 4.62. The molecule has 0 radical (unpaired) electrons. The largest absolute Gasteiger partial charge is 0.348 e. The molecule has 0 bridgehead atoms. The van der Waals surface area contributed by atoms with Crippen molar-refractivity contribution in [2.45, 2.75) is 13.5 Å². The van der Waals surface area contributed by atoms with Gasteiger partial charge in [0.25, 0.3) is 5.91 Å². The van der Waals surface area contributed by atoms with Crippen molar-refractivity contribution in [2.75, 3.05) is 0 Å². The molecule has 0 aliphatic rings. The molecule has 100 valence electrons. The van der Waals surface area contributed by atoms with Gasteiger partial charge in [0.15, 0.2) is 0 Å². The molecule has 0 aliphatic heterocycles. The van der Waals surface area contributed by atoms with Gasteiger partial charge in [-0.15, -0.1) is 0 Å². The van der Waals surface area contributed by atoms with Crippen LogP contribution in [0.15, 0.2) is 24.4 Å². The van der Waals surface area contributed by atoms with Gasteiger partial charge in [0.2, 0.25) is 0 Å². The van der Waals surface area contributed by atoms with E-state index >= 15 is 0 Å². The first-order valence-corrected chi connectivity index (χ1v) is 6.07. The van der Waals surface area contributed by atoms with E-state index in [1.165, 1.54) is 18.2 Å². The molecular formula is C13H13ClFN3O. The summed E-state index contributed by atoms with van der Waals surface area (Å²) < 4.78 is 15.2. The molecular weight excluding hydrogens is 269 g/mol. The Balaban J connectivity index is 2.09. The topological polar surface area (TPSA) is 46.9 Å². The van der Waals surface area contributed by atoms with Gasteiger partial charge < -0.3 is 5.32 Å². The number of nitrogens with zero attached hydrogens (tertiary/aromatic N) is 2. The number of hydrogen-bond acceptors (Lipinski definition) is 2. The number of aromatic nitrogens is 2. The van der Waals surface area contributed by atoms with Crippen molar-refractivity contribution in [3.8, 4) is 0 Å². The van der Waals surface area contributed by atoms with Crippen LogP contribution in [0.2, 0.25) is 5.02 Å². The van der Waals surface area contributed by atoms with Gasteiger partial charge in [-0.05, 0) is 25.1 Å². The van der Waals surface area contributed by atoms with Crippen LogP contribution in [0.5, 0.6) is 0 Å². The lowest BCUT2D eigenvalue weighted by molar-refractivity contribution is 0.0947. The standard InChI is InChI=1S/C13H13ClFN3O/c1-8-9(7-17-18(8)2)6-16-13(19)11-5-10(14)3-4-12(11)15/h3-5,7H,6H2,1-2H3,(H,16,19). The molecule has 19 heavy (non-hydrogen) atoms. The molecule has 0 aliphatic carbocycles. The zero-order valence-corrected chi connectivity index (χ0v) is 11.3. The average molecular weight is 282 g/mol. The molecule has 1 heterocycles. The van der Waals surface area contributed by atoms with Gasteiger partial charge in [-0.1, -0.05) is 11.6 Å². The minimum absolute atomic E-state index is 0.0611. The third-order valence-electron chi connectivity index (χ3n) is 2.95. The second kappa shape index (κ2) is 5.40. The number of carbonyl (C=O) groups is 1. The lowest BCUT2D eigenvalue weighted by atomic mass is 10.2. The van der Waals surface area contributed by atoms with Crippen molar-refractivity contribution < 1.29 is 9.18 Å². The molecule has 2 aromatic rings. The van der Waals surface area contributed by atoms with Gasteiger partial charge in [-0.3, -0.25) is 9.48 Å². The number of rotatable bonds is 3. The summed E-state index contributed by atoms with van der Waals surface area (Å²) in [5.41, 5.74) is 1.78. The SMILES string of the molecule is Cc1c(CNC(=O)c2cc(Cl)ccc2F)cnn1C. The molecule has 1 aromatic carbocycles. The van der Waals surface area contributed by atoms with Crippen molar-refractivity contribution in [2.24, 2.45) is 7.05 Å². The van der Waals surface area contributed by atoms with E-state index in [1.807, 2.05) is 14.0 Å². The summed E-state index contributed by atoms with van der Waals surface area (Å²) in [6.45, 7) is 2.19. The first kappa shape index (κ1) is 13.5. The number of hydrogen-bond donors (Lipinski definition) is 1. The maximum atomic E-state index is 13.5. The minimum Gasteiger partial charge on any atom is -0.348 e. The zero-order chi connectivity index (χ0) is 14.0. The van der Waals surface area contributed by atoms with Crippen LogP contribution in [0.1, 0.15) is 21.6 Å². The maximum Gasteiger partial charge on any atom is 0.254 e. The number of aryl methyl sites for hydroxylation is 1. The Morgan fingerprint density at radius 3 is 2.89 bits per heavy atom. The van der Waals surface area contributed by atoms with E-state index in [2.05, 4.69) is 10.4 Å². The average Bonchev–Trinajstić information content (AvgIpc) is 2.70. The second-order valence-electron chi connectivity index (χ2n) is 4.19. The lowest BCUT2D eigenvalue weighted by Gasteiger charge is -2.06. The quantitative estimate of drug-likeness (QED) is 0.939. The predicted molar refractivity (Wildman–Crippen MR) is 70.5 cm³/mol. The van der Waals surface area contributed by atoms with Gasteiger partial charge in [-0.25, -0.2) is 4.39 Å². The van der Waals surface area contributed by atoms with Gasteiger partial charge in [0.05, 0.1) is 11.8 Å². The van der Waals surface area contributed by atoms with E-state index in [9.17, 15) is 9.18 Å². The highest BCUT2D eigenvalue weighted by Gasteiger charge is 2.13. The van der Waals surface area contributed by atoms with E-state index in [0.717, 1.165) is 11.3 Å². The fraction of sp³-hybridized carbons (Fsp3) is 0.231. The number of nitrogens with one attached hydrogen (secondary N) is 1. The third-order valence-corrected chi connectivity index (χ3v) is 3.18. The van der Waals surface area contributed by atoms with Crippen molar-refractivity contribution in [1.29, 1.82) is 0 Å². The van der Waals surface area contributed by atoms with Crippen LogP contribution >= 0.6 is 11.6 Å². The number of amides is 1. The Kier molecular flexibility index (Phi) is 3.85. The smallest absolute Gasteiger partial charge is 0.254 e. The molecule has 0 spiro atoms. The van der Waals surface area contributed by atoms with Gasteiger partial charge in [0.1, 0.15) is 5.82 Å². The van der Waals surface area contributed by atoms with Crippen molar-refractivity contribution in [3.05, 3.63) is 52.1 Å². The highest BCUT2D eigenvalue weighted by atomic mass is 35.5. The fourth-order valence-electron chi connectivity index (χ4n) is 1.66. The Morgan fingerprint density at radius 2 is 2.26 bits per heavy atom. The Morgan fingerprint density at radius 1 is 1.53 bits per heavy atom. The van der Waals surface area contributed by atoms with E-state index in [4.69, 9.17) is 11.6 Å². The van der Waals surface area contributed by atoms with Gasteiger partial charge in [-0.2, -0.15) is 5.10 Å². The van der Waals surface area contributed by atoms with Gasteiger partial charge in [0, 0.05) is 29.9 Å². The van der Waals surface area contributed by atoms with E-state index in [-0.39, 0.29) is 5.56 Å². The van der Waals surface area contributed by atoms with Gasteiger partial charge >= 0.3 is 0 Å². The normalized spacial score (nSPS) is 10.5. The van der Waals surface area contributed by atoms with E-state index in [1.54, 1.807) is 10.9 Å². The molecule has 6 heteroatoms. The number of benzene rings is 1. The van der Waals surface area contributed by atoms with Crippen LogP contribution in [0, 0.1) is 12.7 Å². The van der Waals surface area contributed by atoms with Crippen LogP contribution in [-0.4, -0.2) is 15.7 Å². The first-order chi connectivity index (χ1) is 8.99. The predicted octanol–water partition coefficient (Wildman–Crippen LogP) is 2.45. The summed E-state index contributed by atoms with van der Waals surface area (Å²) in [6.07, 6.45) is 1.67. The Hall–Kier alpha value is -1.88. The first-order valence-electron chi connectivity index (χ1n) is 5.69. The van der Waals surface area contributed by atoms with E-state index < -0.39 is 11.7 Å². The van der Waals surface area contributed by atoms with Crippen LogP contribution < -0.4 is 5.32 Å². The minimum atomic E-state index is -0.593. The molecule has 0 saturated heterocycles. The summed E-state index contributed by atoms with van der Waals surface area (Å²) in [7, 11) is 1.82. The van der Waals surface area contributed by atoms with Crippen LogP contribution in [0.3, 0.4) is 0 Å². The summed E-state index contributed by atoms with van der Waals surface area (Å²) in [5, 5.41) is 7.04. The number of halogens is 2.